The topological polar surface area (TPSA) is 29.5 Å². The van der Waals surface area contributed by atoms with E-state index in [2.05, 4.69) is 0 Å². The van der Waals surface area contributed by atoms with Crippen LogP contribution >= 0.6 is 0 Å². The summed E-state index contributed by atoms with van der Waals surface area (Å²) in [5.41, 5.74) is 0. The molecule has 1 rings (SSSR count). The second kappa shape index (κ2) is 4.45. The van der Waals surface area contributed by atoms with Crippen LogP contribution in [-0.4, -0.2) is 30.6 Å². The molecule has 3 radical (unpaired) electrons. The summed E-state index contributed by atoms with van der Waals surface area (Å²) in [6.45, 7) is 3.64. The molecule has 3 nitrogen and oxygen atoms in total. The fourth-order valence-corrected chi connectivity index (χ4v) is 1.38. The Morgan fingerprint density at radius 1 is 1.58 bits per heavy atom. The van der Waals surface area contributed by atoms with E-state index in [-0.39, 0.29) is 11.9 Å². The van der Waals surface area contributed by atoms with E-state index >= 15 is 0 Å². The summed E-state index contributed by atoms with van der Waals surface area (Å²) in [7, 11) is 7.29. The Labute approximate surface area is 73.7 Å². The van der Waals surface area contributed by atoms with Crippen molar-refractivity contribution in [3.05, 3.63) is 7.05 Å². The largest absolute Gasteiger partial charge is 0.466 e. The zero-order valence-corrected chi connectivity index (χ0v) is 7.38. The van der Waals surface area contributed by atoms with Gasteiger partial charge in [0.05, 0.1) is 19.6 Å². The van der Waals surface area contributed by atoms with Crippen molar-refractivity contribution in [1.29, 1.82) is 0 Å². The first-order valence-electron chi connectivity index (χ1n) is 4.37. The van der Waals surface area contributed by atoms with Gasteiger partial charge in [0.25, 0.3) is 0 Å². The van der Waals surface area contributed by atoms with Gasteiger partial charge in [-0.1, -0.05) is 0 Å². The number of rotatable bonds is 2. The van der Waals surface area contributed by atoms with E-state index in [9.17, 15) is 4.79 Å². The Hall–Kier alpha value is -0.570. The summed E-state index contributed by atoms with van der Waals surface area (Å²) in [6.07, 6.45) is 1.53. The number of hydrogen-bond acceptors (Lipinski definition) is 3. The fourth-order valence-electron chi connectivity index (χ4n) is 1.38. The van der Waals surface area contributed by atoms with Crippen LogP contribution in [0.5, 0.6) is 0 Å². The minimum atomic E-state index is -0.0920. The zero-order valence-electron chi connectivity index (χ0n) is 7.38. The van der Waals surface area contributed by atoms with Crippen LogP contribution in [0.3, 0.4) is 0 Å². The third kappa shape index (κ3) is 2.48. The van der Waals surface area contributed by atoms with Gasteiger partial charge in [0.2, 0.25) is 0 Å². The first-order chi connectivity index (χ1) is 5.74. The number of carbonyl (C=O) groups excluding carboxylic acids is 1. The molecule has 1 heterocycles. The van der Waals surface area contributed by atoms with E-state index in [1.165, 1.54) is 4.90 Å². The molecule has 0 aromatic rings. The quantitative estimate of drug-likeness (QED) is 0.571. The average Bonchev–Trinajstić information content (AvgIpc) is 2.06. The number of carbonyl (C=O) groups is 1. The molecule has 0 unspecified atom stereocenters. The summed E-state index contributed by atoms with van der Waals surface area (Å²) in [4.78, 5) is 12.7. The molecule has 3 heteroatoms. The van der Waals surface area contributed by atoms with Crippen molar-refractivity contribution in [2.24, 2.45) is 5.92 Å². The van der Waals surface area contributed by atoms with Crippen LogP contribution in [0.1, 0.15) is 19.8 Å². The summed E-state index contributed by atoms with van der Waals surface area (Å²) in [5, 5.41) is 0. The van der Waals surface area contributed by atoms with Gasteiger partial charge in [0.1, 0.15) is 0 Å². The maximum atomic E-state index is 11.2. The third-order valence-electron chi connectivity index (χ3n) is 2.11. The molecule has 0 saturated carbocycles. The molecule has 1 fully saturated rings. The highest BCUT2D eigenvalue weighted by Gasteiger charge is 2.24. The van der Waals surface area contributed by atoms with Crippen LogP contribution in [0.25, 0.3) is 0 Å². The van der Waals surface area contributed by atoms with Gasteiger partial charge in [0, 0.05) is 0 Å². The van der Waals surface area contributed by atoms with Crippen LogP contribution < -0.4 is 0 Å². The van der Waals surface area contributed by atoms with E-state index in [4.69, 9.17) is 11.8 Å². The van der Waals surface area contributed by atoms with Gasteiger partial charge in [-0.3, -0.25) is 9.69 Å². The van der Waals surface area contributed by atoms with Gasteiger partial charge in [-0.2, -0.15) is 0 Å². The van der Waals surface area contributed by atoms with Crippen molar-refractivity contribution in [3.8, 4) is 0 Å². The van der Waals surface area contributed by atoms with Gasteiger partial charge >= 0.3 is 5.97 Å². The highest BCUT2D eigenvalue weighted by Crippen LogP contribution is 2.17. The van der Waals surface area contributed by atoms with Gasteiger partial charge < -0.3 is 4.74 Å². The number of ether oxygens (including phenoxy) is 1. The molecule has 12 heavy (non-hydrogen) atoms. The van der Waals surface area contributed by atoms with Crippen molar-refractivity contribution < 1.29 is 9.53 Å². The first kappa shape index (κ1) is 9.52. The minimum Gasteiger partial charge on any atom is -0.466 e. The molecule has 0 amide bonds. The van der Waals surface area contributed by atoms with Crippen LogP contribution in [-0.2, 0) is 9.53 Å². The molecule has 0 spiro atoms. The molecule has 0 aromatic carbocycles. The molecular formula is C9H14NO2. The minimum absolute atomic E-state index is 0.0338. The van der Waals surface area contributed by atoms with Gasteiger partial charge in [-0.05, 0) is 32.9 Å². The lowest BCUT2D eigenvalue weighted by atomic mass is 9.97. The highest BCUT2D eigenvalue weighted by molar-refractivity contribution is 5.72. The smallest absolute Gasteiger partial charge is 0.309 e. The van der Waals surface area contributed by atoms with Crippen molar-refractivity contribution in [2.45, 2.75) is 19.8 Å². The molecule has 0 bridgehead atoms. The normalized spacial score (nSPS) is 20.8. The van der Waals surface area contributed by atoms with Crippen LogP contribution in [0, 0.1) is 13.0 Å². The lowest BCUT2D eigenvalue weighted by Gasteiger charge is -2.26. The Morgan fingerprint density at radius 2 is 2.17 bits per heavy atom. The summed E-state index contributed by atoms with van der Waals surface area (Å²) < 4.78 is 4.90. The van der Waals surface area contributed by atoms with E-state index in [0.717, 1.165) is 12.8 Å². The average molecular weight is 168 g/mol. The lowest BCUT2D eigenvalue weighted by molar-refractivity contribution is -0.149. The number of piperidine rings is 1. The number of likely N-dealkylation sites (tertiary alicyclic amines) is 1. The molecule has 1 aliphatic rings. The molecule has 1 aliphatic heterocycles. The Bertz CT molecular complexity index is 151. The van der Waals surface area contributed by atoms with Crippen molar-refractivity contribution in [2.75, 3.05) is 19.7 Å². The highest BCUT2D eigenvalue weighted by atomic mass is 16.5. The second-order valence-electron chi connectivity index (χ2n) is 3.01. The molecule has 67 valence electrons. The SMILES string of the molecule is [C]N1CCC(C(=O)OCC)CC1. The van der Waals surface area contributed by atoms with E-state index in [1.54, 1.807) is 0 Å². The maximum absolute atomic E-state index is 11.2. The van der Waals surface area contributed by atoms with Gasteiger partial charge in [-0.15, -0.1) is 0 Å². The maximum Gasteiger partial charge on any atom is 0.309 e. The third-order valence-corrected chi connectivity index (χ3v) is 2.11. The summed E-state index contributed by atoms with van der Waals surface area (Å²) in [6, 6.07) is 0. The van der Waals surface area contributed by atoms with Crippen LogP contribution in [0.15, 0.2) is 0 Å². The molecule has 0 N–H and O–H groups in total. The first-order valence-corrected chi connectivity index (χ1v) is 4.37. The predicted octanol–water partition coefficient (Wildman–Crippen LogP) is 0.807. The number of nitrogens with zero attached hydrogens (tertiary/aromatic N) is 1. The molecular weight excluding hydrogens is 154 g/mol. The standard InChI is InChI=1S/C9H14NO2/c1-3-12-9(11)8-4-6-10(2)7-5-8/h8H,3-7H2,1H3. The second-order valence-corrected chi connectivity index (χ2v) is 3.01. The summed E-state index contributed by atoms with van der Waals surface area (Å²) in [5.74, 6) is -0.0582. The Kier molecular flexibility index (Phi) is 3.53. The molecule has 0 aliphatic carbocycles. The van der Waals surface area contributed by atoms with Gasteiger partial charge in [0.15, 0.2) is 0 Å². The Morgan fingerprint density at radius 3 is 2.67 bits per heavy atom. The fraction of sp³-hybridized carbons (Fsp3) is 0.778. The zero-order chi connectivity index (χ0) is 8.97. The number of hydrogen-bond donors (Lipinski definition) is 0. The Balaban J connectivity index is 2.29. The molecule has 0 atom stereocenters. The summed E-state index contributed by atoms with van der Waals surface area (Å²) >= 11 is 0. The van der Waals surface area contributed by atoms with E-state index < -0.39 is 0 Å². The molecule has 0 aromatic heterocycles. The lowest BCUT2D eigenvalue weighted by Crippen LogP contribution is -2.33. The van der Waals surface area contributed by atoms with Gasteiger partial charge in [-0.25, -0.2) is 0 Å². The van der Waals surface area contributed by atoms with Crippen molar-refractivity contribution >= 4 is 5.97 Å². The number of esters is 1. The molecule has 1 saturated heterocycles. The van der Waals surface area contributed by atoms with E-state index in [1.807, 2.05) is 6.92 Å². The van der Waals surface area contributed by atoms with Crippen LogP contribution in [0.4, 0.5) is 0 Å². The van der Waals surface area contributed by atoms with Crippen LogP contribution in [0.2, 0.25) is 0 Å². The monoisotopic (exact) mass is 168 g/mol. The predicted molar refractivity (Wildman–Crippen MR) is 44.2 cm³/mol. The van der Waals surface area contributed by atoms with Crippen molar-refractivity contribution in [1.82, 2.24) is 4.90 Å². The van der Waals surface area contributed by atoms with Crippen molar-refractivity contribution in [3.63, 3.8) is 0 Å². The van der Waals surface area contributed by atoms with E-state index in [0.29, 0.717) is 19.7 Å².